The Balaban J connectivity index is 2.04. The summed E-state index contributed by atoms with van der Waals surface area (Å²) < 4.78 is 0. The third kappa shape index (κ3) is 2.63. The Kier molecular flexibility index (Phi) is 3.62. The molecule has 3 rings (SSSR count). The zero-order valence-corrected chi connectivity index (χ0v) is 12.3. The van der Waals surface area contributed by atoms with Crippen molar-refractivity contribution in [3.05, 3.63) is 40.5 Å². The van der Waals surface area contributed by atoms with E-state index >= 15 is 0 Å². The standard InChI is InChI=1S/C16H18ClN3/c1-10-8-12(17)6-7-13(10)16-19-14(9-15(18)20-16)11-4-2-3-5-11/h6-9,11H,2-5H2,1H3,(H2,18,19,20). The lowest BCUT2D eigenvalue weighted by Crippen LogP contribution is -2.04. The van der Waals surface area contributed by atoms with Crippen LogP contribution < -0.4 is 5.73 Å². The topological polar surface area (TPSA) is 51.8 Å². The van der Waals surface area contributed by atoms with Gasteiger partial charge in [-0.15, -0.1) is 0 Å². The van der Waals surface area contributed by atoms with E-state index in [9.17, 15) is 0 Å². The van der Waals surface area contributed by atoms with Gasteiger partial charge in [0.05, 0.1) is 0 Å². The largest absolute Gasteiger partial charge is 0.384 e. The number of nitrogens with two attached hydrogens (primary N) is 1. The number of hydrogen-bond donors (Lipinski definition) is 1. The first-order valence-corrected chi connectivity index (χ1v) is 7.42. The molecule has 1 fully saturated rings. The van der Waals surface area contributed by atoms with Crippen LogP contribution in [-0.2, 0) is 0 Å². The Morgan fingerprint density at radius 2 is 1.90 bits per heavy atom. The Labute approximate surface area is 124 Å². The molecule has 1 heterocycles. The molecule has 3 nitrogen and oxygen atoms in total. The molecule has 0 amide bonds. The Bertz CT molecular complexity index is 634. The molecule has 4 heteroatoms. The van der Waals surface area contributed by atoms with Crippen LogP contribution in [0.4, 0.5) is 5.82 Å². The van der Waals surface area contributed by atoms with Gasteiger partial charge in [-0.1, -0.05) is 24.4 Å². The fraction of sp³-hybridized carbons (Fsp3) is 0.375. The first-order valence-electron chi connectivity index (χ1n) is 7.04. The maximum absolute atomic E-state index is 6.01. The number of nitrogen functional groups attached to an aromatic ring is 1. The number of halogens is 1. The maximum atomic E-state index is 6.01. The zero-order valence-electron chi connectivity index (χ0n) is 11.6. The molecule has 20 heavy (non-hydrogen) atoms. The van der Waals surface area contributed by atoms with Crippen molar-refractivity contribution >= 4 is 17.4 Å². The summed E-state index contributed by atoms with van der Waals surface area (Å²) in [6, 6.07) is 7.68. The second-order valence-electron chi connectivity index (χ2n) is 5.48. The molecule has 2 N–H and O–H groups in total. The second-order valence-corrected chi connectivity index (χ2v) is 5.92. The summed E-state index contributed by atoms with van der Waals surface area (Å²) in [6.07, 6.45) is 4.97. The molecule has 0 saturated heterocycles. The van der Waals surface area contributed by atoms with Gasteiger partial charge in [-0.2, -0.15) is 0 Å². The van der Waals surface area contributed by atoms with Crippen molar-refractivity contribution in [2.24, 2.45) is 0 Å². The Hall–Kier alpha value is -1.61. The third-order valence-electron chi connectivity index (χ3n) is 3.97. The van der Waals surface area contributed by atoms with E-state index in [0.29, 0.717) is 17.6 Å². The predicted octanol–water partition coefficient (Wildman–Crippen LogP) is 4.35. The minimum absolute atomic E-state index is 0.534. The van der Waals surface area contributed by atoms with Gasteiger partial charge >= 0.3 is 0 Å². The van der Waals surface area contributed by atoms with Gasteiger partial charge in [0.25, 0.3) is 0 Å². The van der Waals surface area contributed by atoms with Crippen LogP contribution in [-0.4, -0.2) is 9.97 Å². The van der Waals surface area contributed by atoms with Gasteiger partial charge in [0.15, 0.2) is 5.82 Å². The zero-order chi connectivity index (χ0) is 14.1. The maximum Gasteiger partial charge on any atom is 0.162 e. The molecule has 0 spiro atoms. The van der Waals surface area contributed by atoms with Gasteiger partial charge in [-0.3, -0.25) is 0 Å². The van der Waals surface area contributed by atoms with Crippen LogP contribution >= 0.6 is 11.6 Å². The van der Waals surface area contributed by atoms with E-state index in [-0.39, 0.29) is 0 Å². The smallest absolute Gasteiger partial charge is 0.162 e. The van der Waals surface area contributed by atoms with Crippen LogP contribution in [0.1, 0.15) is 42.9 Å². The summed E-state index contributed by atoms with van der Waals surface area (Å²) in [5, 5.41) is 0.728. The van der Waals surface area contributed by atoms with Crippen molar-refractivity contribution in [2.75, 3.05) is 5.73 Å². The van der Waals surface area contributed by atoms with Crippen LogP contribution in [0, 0.1) is 6.92 Å². The van der Waals surface area contributed by atoms with Crippen molar-refractivity contribution in [3.8, 4) is 11.4 Å². The number of hydrogen-bond acceptors (Lipinski definition) is 3. The molecule has 1 aliphatic carbocycles. The minimum Gasteiger partial charge on any atom is -0.384 e. The SMILES string of the molecule is Cc1cc(Cl)ccc1-c1nc(N)cc(C2CCCC2)n1. The summed E-state index contributed by atoms with van der Waals surface area (Å²) in [6.45, 7) is 2.02. The normalized spacial score (nSPS) is 15.7. The summed E-state index contributed by atoms with van der Waals surface area (Å²) >= 11 is 6.01. The van der Waals surface area contributed by atoms with E-state index in [2.05, 4.69) is 4.98 Å². The monoisotopic (exact) mass is 287 g/mol. The van der Waals surface area contributed by atoms with E-state index in [1.165, 1.54) is 25.7 Å². The average molecular weight is 288 g/mol. The van der Waals surface area contributed by atoms with Gasteiger partial charge in [0, 0.05) is 28.3 Å². The highest BCUT2D eigenvalue weighted by molar-refractivity contribution is 6.30. The van der Waals surface area contributed by atoms with E-state index in [1.54, 1.807) is 0 Å². The highest BCUT2D eigenvalue weighted by Crippen LogP contribution is 2.34. The molecule has 0 unspecified atom stereocenters. The van der Waals surface area contributed by atoms with Gasteiger partial charge in [-0.05, 0) is 43.5 Å². The van der Waals surface area contributed by atoms with E-state index in [4.69, 9.17) is 22.3 Å². The molecule has 0 atom stereocenters. The highest BCUT2D eigenvalue weighted by atomic mass is 35.5. The predicted molar refractivity (Wildman–Crippen MR) is 82.8 cm³/mol. The summed E-state index contributed by atoms with van der Waals surface area (Å²) in [5.41, 5.74) is 9.12. The number of benzene rings is 1. The molecule has 1 aromatic heterocycles. The quantitative estimate of drug-likeness (QED) is 0.893. The van der Waals surface area contributed by atoms with Crippen molar-refractivity contribution < 1.29 is 0 Å². The lowest BCUT2D eigenvalue weighted by Gasteiger charge is -2.12. The van der Waals surface area contributed by atoms with Crippen molar-refractivity contribution in [3.63, 3.8) is 0 Å². The van der Waals surface area contributed by atoms with Crippen molar-refractivity contribution in [1.82, 2.24) is 9.97 Å². The molecule has 0 bridgehead atoms. The first kappa shape index (κ1) is 13.4. The van der Waals surface area contributed by atoms with Crippen LogP contribution in [0.3, 0.4) is 0 Å². The van der Waals surface area contributed by atoms with Gasteiger partial charge in [-0.25, -0.2) is 9.97 Å². The number of anilines is 1. The number of rotatable bonds is 2. The van der Waals surface area contributed by atoms with Crippen LogP contribution in [0.25, 0.3) is 11.4 Å². The molecule has 1 aliphatic rings. The third-order valence-corrected chi connectivity index (χ3v) is 4.20. The number of aryl methyl sites for hydroxylation is 1. The van der Waals surface area contributed by atoms with Crippen molar-refractivity contribution in [2.45, 2.75) is 38.5 Å². The highest BCUT2D eigenvalue weighted by Gasteiger charge is 2.20. The van der Waals surface area contributed by atoms with Crippen LogP contribution in [0.2, 0.25) is 5.02 Å². The van der Waals surface area contributed by atoms with E-state index in [1.807, 2.05) is 31.2 Å². The fourth-order valence-corrected chi connectivity index (χ4v) is 3.14. The second kappa shape index (κ2) is 5.41. The van der Waals surface area contributed by atoms with Gasteiger partial charge in [0.2, 0.25) is 0 Å². The molecule has 2 aromatic rings. The molecule has 104 valence electrons. The Morgan fingerprint density at radius 3 is 2.60 bits per heavy atom. The molecule has 0 radical (unpaired) electrons. The van der Waals surface area contributed by atoms with Crippen LogP contribution in [0.5, 0.6) is 0 Å². The number of nitrogens with zero attached hydrogens (tertiary/aromatic N) is 2. The lowest BCUT2D eigenvalue weighted by atomic mass is 10.0. The average Bonchev–Trinajstić information content (AvgIpc) is 2.91. The van der Waals surface area contributed by atoms with Gasteiger partial charge in [0.1, 0.15) is 5.82 Å². The molecular formula is C16H18ClN3. The lowest BCUT2D eigenvalue weighted by molar-refractivity contribution is 0.696. The number of aromatic nitrogens is 2. The van der Waals surface area contributed by atoms with Crippen molar-refractivity contribution in [1.29, 1.82) is 0 Å². The molecule has 1 saturated carbocycles. The molecular weight excluding hydrogens is 270 g/mol. The molecule has 0 aliphatic heterocycles. The first-order chi connectivity index (χ1) is 9.63. The van der Waals surface area contributed by atoms with Crippen LogP contribution in [0.15, 0.2) is 24.3 Å². The fourth-order valence-electron chi connectivity index (χ4n) is 2.91. The summed E-state index contributed by atoms with van der Waals surface area (Å²) in [5.74, 6) is 1.79. The summed E-state index contributed by atoms with van der Waals surface area (Å²) in [4.78, 5) is 9.13. The van der Waals surface area contributed by atoms with Gasteiger partial charge < -0.3 is 5.73 Å². The van der Waals surface area contributed by atoms with E-state index in [0.717, 1.165) is 21.8 Å². The Morgan fingerprint density at radius 1 is 1.15 bits per heavy atom. The molecule has 1 aromatic carbocycles. The summed E-state index contributed by atoms with van der Waals surface area (Å²) in [7, 11) is 0. The van der Waals surface area contributed by atoms with E-state index < -0.39 is 0 Å². The minimum atomic E-state index is 0.534.